The van der Waals surface area contributed by atoms with Crippen molar-refractivity contribution in [2.24, 2.45) is 5.73 Å². The molecule has 13 heteroatoms. The Bertz CT molecular complexity index is 1010. The van der Waals surface area contributed by atoms with Crippen molar-refractivity contribution in [2.45, 2.75) is 37.9 Å². The van der Waals surface area contributed by atoms with Gasteiger partial charge in [0.1, 0.15) is 11.6 Å². The van der Waals surface area contributed by atoms with Crippen LogP contribution < -0.4 is 11.1 Å². The van der Waals surface area contributed by atoms with Gasteiger partial charge in [-0.05, 0) is 49.6 Å². The van der Waals surface area contributed by atoms with Gasteiger partial charge in [-0.2, -0.15) is 22.0 Å². The van der Waals surface area contributed by atoms with E-state index in [4.69, 9.17) is 5.73 Å². The summed E-state index contributed by atoms with van der Waals surface area (Å²) in [5.74, 6) is -5.21. The number of phenols is 1. The molecule has 0 aliphatic carbocycles. The third-order valence-electron chi connectivity index (χ3n) is 5.19. The lowest BCUT2D eigenvalue weighted by atomic mass is 10.0. The van der Waals surface area contributed by atoms with Gasteiger partial charge in [0, 0.05) is 24.7 Å². The Labute approximate surface area is 192 Å². The molecule has 0 bridgehead atoms. The molecule has 1 atom stereocenters. The number of amides is 1. The molecule has 2 aromatic rings. The fourth-order valence-corrected chi connectivity index (χ4v) is 3.54. The topological polar surface area (TPSA) is 104 Å². The minimum Gasteiger partial charge on any atom is -0.507 e. The van der Waals surface area contributed by atoms with Crippen molar-refractivity contribution in [3.8, 4) is 17.0 Å². The molecule has 0 unspecified atom stereocenters. The highest BCUT2D eigenvalue weighted by Crippen LogP contribution is 2.37. The zero-order valence-electron chi connectivity index (χ0n) is 17.5. The summed E-state index contributed by atoms with van der Waals surface area (Å²) in [4.78, 5) is 13.0. The number of phenolic OH excluding ortho intramolecular Hbond substituents is 1. The molecule has 0 radical (unpaired) electrons. The average Bonchev–Trinajstić information content (AvgIpc) is 2.73. The largest absolute Gasteiger partial charge is 0.507 e. The van der Waals surface area contributed by atoms with E-state index in [1.54, 1.807) is 13.0 Å². The number of aryl methyl sites for hydroxylation is 1. The van der Waals surface area contributed by atoms with Crippen LogP contribution in [0.5, 0.6) is 5.75 Å². The van der Waals surface area contributed by atoms with Gasteiger partial charge in [0.15, 0.2) is 0 Å². The second-order valence-electron chi connectivity index (χ2n) is 7.63. The molecule has 2 heterocycles. The molecule has 1 aromatic heterocycles. The number of piperidine rings is 1. The summed E-state index contributed by atoms with van der Waals surface area (Å²) in [6.07, 6.45) is -3.47. The van der Waals surface area contributed by atoms with Gasteiger partial charge in [-0.25, -0.2) is 0 Å². The molecular formula is C20H23ClF5N5O2. The molecule has 1 fully saturated rings. The summed E-state index contributed by atoms with van der Waals surface area (Å²) in [6, 6.07) is 3.81. The molecule has 1 aromatic carbocycles. The van der Waals surface area contributed by atoms with Crippen LogP contribution in [0.4, 0.5) is 27.8 Å². The molecule has 3 rings (SSSR count). The van der Waals surface area contributed by atoms with Crippen LogP contribution in [0.2, 0.25) is 0 Å². The average molecular weight is 496 g/mol. The molecule has 33 heavy (non-hydrogen) atoms. The minimum absolute atomic E-state index is 0. The maximum Gasteiger partial charge on any atom is 0.416 e. The lowest BCUT2D eigenvalue weighted by Crippen LogP contribution is -2.53. The zero-order valence-corrected chi connectivity index (χ0v) is 18.3. The summed E-state index contributed by atoms with van der Waals surface area (Å²) in [6.45, 7) is 0.814. The monoisotopic (exact) mass is 495 g/mol. The van der Waals surface area contributed by atoms with E-state index in [-0.39, 0.29) is 42.8 Å². The number of nitrogens with one attached hydrogen (secondary N) is 1. The number of nitrogens with two attached hydrogens (primary N) is 1. The molecule has 182 valence electrons. The molecule has 0 spiro atoms. The number of carbonyl (C=O) groups excluding carboxylic acids is 1. The van der Waals surface area contributed by atoms with Crippen molar-refractivity contribution in [3.05, 3.63) is 35.4 Å². The van der Waals surface area contributed by atoms with Crippen LogP contribution in [0.3, 0.4) is 0 Å². The fraction of sp³-hybridized carbons (Fsp3) is 0.450. The van der Waals surface area contributed by atoms with Crippen LogP contribution >= 0.6 is 12.4 Å². The van der Waals surface area contributed by atoms with E-state index in [2.05, 4.69) is 15.5 Å². The summed E-state index contributed by atoms with van der Waals surface area (Å²) in [5.41, 5.74) is 4.81. The minimum atomic E-state index is -4.59. The standard InChI is InChI=1S/C20H22F5N5O2.ClH/c1-11-7-16(27-13-3-2-6-30(9-13)18(32)19(21,22)10-26)28-29-17(11)14-5-4-12(8-15(14)31)20(23,24)25;/h4-5,7-8,13,31H,2-3,6,9-10,26H2,1H3,(H,27,28);1H/t13-;/m1./s1. The predicted octanol–water partition coefficient (Wildman–Crippen LogP) is 3.60. The molecule has 1 amide bonds. The number of likely N-dealkylation sites (tertiary alicyclic amines) is 1. The second kappa shape index (κ2) is 10.0. The Morgan fingerprint density at radius 1 is 1.24 bits per heavy atom. The second-order valence-corrected chi connectivity index (χ2v) is 7.63. The van der Waals surface area contributed by atoms with Crippen LogP contribution in [0.15, 0.2) is 24.3 Å². The van der Waals surface area contributed by atoms with Gasteiger partial charge in [0.2, 0.25) is 0 Å². The lowest BCUT2D eigenvalue weighted by molar-refractivity contribution is -0.157. The lowest BCUT2D eigenvalue weighted by Gasteiger charge is -2.35. The Morgan fingerprint density at radius 3 is 2.52 bits per heavy atom. The van der Waals surface area contributed by atoms with E-state index in [1.807, 2.05) is 0 Å². The first-order valence-corrected chi connectivity index (χ1v) is 9.81. The van der Waals surface area contributed by atoms with Gasteiger partial charge >= 0.3 is 12.1 Å². The van der Waals surface area contributed by atoms with E-state index in [0.717, 1.165) is 17.0 Å². The third kappa shape index (κ3) is 5.99. The van der Waals surface area contributed by atoms with Gasteiger partial charge < -0.3 is 21.1 Å². The number of halogens is 6. The van der Waals surface area contributed by atoms with E-state index in [0.29, 0.717) is 30.3 Å². The van der Waals surface area contributed by atoms with Crippen molar-refractivity contribution in [2.75, 3.05) is 25.0 Å². The van der Waals surface area contributed by atoms with E-state index in [1.165, 1.54) is 0 Å². The Kier molecular flexibility index (Phi) is 8.07. The first-order valence-electron chi connectivity index (χ1n) is 9.81. The first kappa shape index (κ1) is 26.5. The van der Waals surface area contributed by atoms with Gasteiger partial charge in [-0.1, -0.05) is 0 Å². The fourth-order valence-electron chi connectivity index (χ4n) is 3.54. The predicted molar refractivity (Wildman–Crippen MR) is 113 cm³/mol. The number of benzene rings is 1. The van der Waals surface area contributed by atoms with Gasteiger partial charge in [-0.3, -0.25) is 4.79 Å². The number of nitrogens with zero attached hydrogens (tertiary/aromatic N) is 3. The van der Waals surface area contributed by atoms with Gasteiger partial charge in [0.25, 0.3) is 5.91 Å². The van der Waals surface area contributed by atoms with Crippen LogP contribution in [0, 0.1) is 6.92 Å². The molecule has 7 nitrogen and oxygen atoms in total. The van der Waals surface area contributed by atoms with E-state index in [9.17, 15) is 31.9 Å². The summed E-state index contributed by atoms with van der Waals surface area (Å²) < 4.78 is 65.6. The number of alkyl halides is 5. The van der Waals surface area contributed by atoms with Crippen molar-refractivity contribution < 1.29 is 31.9 Å². The number of rotatable bonds is 5. The Hall–Kier alpha value is -2.73. The molecule has 1 saturated heterocycles. The normalized spacial score (nSPS) is 16.8. The third-order valence-corrected chi connectivity index (χ3v) is 5.19. The molecular weight excluding hydrogens is 473 g/mol. The SMILES string of the molecule is Cc1cc(N[C@@H]2CCCN(C(=O)C(F)(F)CN)C2)nnc1-c1ccc(C(F)(F)F)cc1O.Cl. The number of aromatic hydroxyl groups is 1. The van der Waals surface area contributed by atoms with Crippen molar-refractivity contribution in [1.29, 1.82) is 0 Å². The zero-order chi connectivity index (χ0) is 23.7. The van der Waals surface area contributed by atoms with E-state index < -0.39 is 35.9 Å². The number of hydrogen-bond donors (Lipinski definition) is 3. The Balaban J connectivity index is 0.00000385. The highest BCUT2D eigenvalue weighted by molar-refractivity contribution is 5.85. The summed E-state index contributed by atoms with van der Waals surface area (Å²) >= 11 is 0. The molecule has 1 aliphatic heterocycles. The van der Waals surface area contributed by atoms with Crippen LogP contribution in [0.25, 0.3) is 11.3 Å². The summed E-state index contributed by atoms with van der Waals surface area (Å²) in [7, 11) is 0. The molecule has 1 aliphatic rings. The van der Waals surface area contributed by atoms with E-state index >= 15 is 0 Å². The van der Waals surface area contributed by atoms with Gasteiger partial charge in [0.05, 0.1) is 17.8 Å². The van der Waals surface area contributed by atoms with Crippen LogP contribution in [-0.2, 0) is 11.0 Å². The van der Waals surface area contributed by atoms with Gasteiger partial charge in [-0.15, -0.1) is 22.6 Å². The number of anilines is 1. The maximum atomic E-state index is 13.6. The highest BCUT2D eigenvalue weighted by atomic mass is 35.5. The Morgan fingerprint density at radius 2 is 1.94 bits per heavy atom. The summed E-state index contributed by atoms with van der Waals surface area (Å²) in [5, 5.41) is 21.1. The highest BCUT2D eigenvalue weighted by Gasteiger charge is 2.42. The maximum absolute atomic E-state index is 13.6. The first-order chi connectivity index (χ1) is 14.9. The number of hydrogen-bond acceptors (Lipinski definition) is 6. The van der Waals surface area contributed by atoms with Crippen LogP contribution in [-0.4, -0.2) is 57.7 Å². The molecule has 4 N–H and O–H groups in total. The quantitative estimate of drug-likeness (QED) is 0.548. The van der Waals surface area contributed by atoms with Crippen molar-refractivity contribution >= 4 is 24.1 Å². The molecule has 0 saturated carbocycles. The van der Waals surface area contributed by atoms with Crippen LogP contribution in [0.1, 0.15) is 24.0 Å². The van der Waals surface area contributed by atoms with Crippen molar-refractivity contribution in [3.63, 3.8) is 0 Å². The van der Waals surface area contributed by atoms with Crippen molar-refractivity contribution in [1.82, 2.24) is 15.1 Å². The smallest absolute Gasteiger partial charge is 0.416 e. The number of aromatic nitrogens is 2. The number of carbonyl (C=O) groups is 1.